The van der Waals surface area contributed by atoms with E-state index in [9.17, 15) is 9.59 Å². The molecular formula is C24H21N7O2. The Bertz CT molecular complexity index is 1430. The fourth-order valence-electron chi connectivity index (χ4n) is 4.09. The van der Waals surface area contributed by atoms with E-state index in [2.05, 4.69) is 37.5 Å². The summed E-state index contributed by atoms with van der Waals surface area (Å²) in [6.07, 6.45) is 2.37. The lowest BCUT2D eigenvalue weighted by Crippen LogP contribution is -2.24. The van der Waals surface area contributed by atoms with Gasteiger partial charge in [0.25, 0.3) is 11.5 Å². The second-order valence-electron chi connectivity index (χ2n) is 7.84. The third-order valence-electron chi connectivity index (χ3n) is 5.72. The molecule has 0 amide bonds. The smallest absolute Gasteiger partial charge is 0.267 e. The summed E-state index contributed by atoms with van der Waals surface area (Å²) in [6, 6.07) is 15.4. The Morgan fingerprint density at radius 1 is 0.970 bits per heavy atom. The Kier molecular flexibility index (Phi) is 5.21. The molecule has 1 N–H and O–H groups in total. The molecule has 0 aliphatic carbocycles. The molecule has 9 heteroatoms. The van der Waals surface area contributed by atoms with Gasteiger partial charge >= 0.3 is 0 Å². The number of aromatic amines is 1. The largest absolute Gasteiger partial charge is 0.282 e. The van der Waals surface area contributed by atoms with Gasteiger partial charge in [0, 0.05) is 11.3 Å². The van der Waals surface area contributed by atoms with Crippen molar-refractivity contribution in [2.75, 3.05) is 0 Å². The van der Waals surface area contributed by atoms with Gasteiger partial charge in [0.1, 0.15) is 5.71 Å². The summed E-state index contributed by atoms with van der Waals surface area (Å²) in [7, 11) is 0. The lowest BCUT2D eigenvalue weighted by Gasteiger charge is -2.15. The van der Waals surface area contributed by atoms with Crippen molar-refractivity contribution in [3.63, 3.8) is 0 Å². The third kappa shape index (κ3) is 3.57. The number of aliphatic imine (C=N–C) groups is 1. The summed E-state index contributed by atoms with van der Waals surface area (Å²) in [4.78, 5) is 34.0. The van der Waals surface area contributed by atoms with Crippen molar-refractivity contribution in [2.24, 2.45) is 4.99 Å². The van der Waals surface area contributed by atoms with Gasteiger partial charge in [-0.3, -0.25) is 9.59 Å². The molecule has 4 aromatic rings. The predicted molar refractivity (Wildman–Crippen MR) is 125 cm³/mol. The van der Waals surface area contributed by atoms with E-state index in [1.807, 2.05) is 48.5 Å². The molecule has 2 aromatic carbocycles. The minimum Gasteiger partial charge on any atom is -0.267 e. The Hall–Kier alpha value is -4.27. The van der Waals surface area contributed by atoms with E-state index in [0.717, 1.165) is 29.5 Å². The number of hydrogen-bond acceptors (Lipinski definition) is 7. The van der Waals surface area contributed by atoms with Crippen LogP contribution < -0.4 is 5.56 Å². The molecule has 2 aromatic heterocycles. The van der Waals surface area contributed by atoms with E-state index in [4.69, 9.17) is 0 Å². The summed E-state index contributed by atoms with van der Waals surface area (Å²) in [5.41, 5.74) is 4.52. The number of rotatable bonds is 6. The first-order chi connectivity index (χ1) is 16.1. The number of aromatic nitrogens is 6. The molecule has 164 valence electrons. The van der Waals surface area contributed by atoms with Crippen molar-refractivity contribution < 1.29 is 4.79 Å². The molecule has 0 radical (unpaired) electrons. The molecule has 33 heavy (non-hydrogen) atoms. The molecule has 5 rings (SSSR count). The van der Waals surface area contributed by atoms with Crippen molar-refractivity contribution >= 4 is 17.6 Å². The van der Waals surface area contributed by atoms with E-state index < -0.39 is 0 Å². The van der Waals surface area contributed by atoms with E-state index in [-0.39, 0.29) is 17.4 Å². The number of hydrogen-bond donors (Lipinski definition) is 1. The van der Waals surface area contributed by atoms with E-state index in [1.54, 1.807) is 6.92 Å². The predicted octanol–water partition coefficient (Wildman–Crippen LogP) is 3.85. The number of H-pyrrole nitrogens is 1. The van der Waals surface area contributed by atoms with Crippen LogP contribution in [0.3, 0.4) is 0 Å². The van der Waals surface area contributed by atoms with Gasteiger partial charge in [0.05, 0.1) is 5.56 Å². The second kappa shape index (κ2) is 8.34. The first-order valence-corrected chi connectivity index (χ1v) is 10.8. The zero-order chi connectivity index (χ0) is 22.9. The number of carbonyl (C=O) groups excluding carboxylic acids is 1. The normalized spacial score (nSPS) is 12.7. The van der Waals surface area contributed by atoms with Crippen LogP contribution in [0.1, 0.15) is 37.2 Å². The Labute approximate surface area is 189 Å². The first-order valence-electron chi connectivity index (χ1n) is 10.8. The molecular weight excluding hydrogens is 418 g/mol. The van der Waals surface area contributed by atoms with Gasteiger partial charge in [-0.15, -0.1) is 10.2 Å². The number of benzene rings is 2. The average Bonchev–Trinajstić information content (AvgIpc) is 3.46. The van der Waals surface area contributed by atoms with Gasteiger partial charge in [0.2, 0.25) is 11.8 Å². The third-order valence-corrected chi connectivity index (χ3v) is 5.72. The molecule has 0 saturated carbocycles. The van der Waals surface area contributed by atoms with E-state index >= 15 is 0 Å². The summed E-state index contributed by atoms with van der Waals surface area (Å²) < 4.78 is 1.49. The maximum Gasteiger partial charge on any atom is 0.282 e. The van der Waals surface area contributed by atoms with Gasteiger partial charge in [-0.05, 0) is 41.7 Å². The first kappa shape index (κ1) is 20.6. The highest BCUT2D eigenvalue weighted by Crippen LogP contribution is 2.32. The van der Waals surface area contributed by atoms with Crippen molar-refractivity contribution in [2.45, 2.75) is 33.1 Å². The SMILES string of the molecule is CCCCc1c(-c2ccc(-c3ccccc3-c3nn[nH]n3)cc2)c(=O)nc2n1C(=O)C(C)=N2. The number of fused-ring (bicyclic) bond motifs is 1. The van der Waals surface area contributed by atoms with Gasteiger partial charge in [-0.1, -0.05) is 61.9 Å². The second-order valence-corrected chi connectivity index (χ2v) is 7.84. The van der Waals surface area contributed by atoms with Gasteiger partial charge < -0.3 is 0 Å². The Morgan fingerprint density at radius 2 is 1.70 bits per heavy atom. The van der Waals surface area contributed by atoms with Crippen molar-refractivity contribution in [1.82, 2.24) is 30.2 Å². The topological polar surface area (TPSA) is 119 Å². The van der Waals surface area contributed by atoms with Crippen LogP contribution in [-0.2, 0) is 6.42 Å². The van der Waals surface area contributed by atoms with Crippen LogP contribution in [0.15, 0.2) is 58.3 Å². The Balaban J connectivity index is 1.61. The molecule has 0 unspecified atom stereocenters. The fraction of sp³-hybridized carbons (Fsp3) is 0.208. The summed E-state index contributed by atoms with van der Waals surface area (Å²) >= 11 is 0. The molecule has 0 saturated heterocycles. The van der Waals surface area contributed by atoms with Gasteiger partial charge in [0.15, 0.2) is 0 Å². The average molecular weight is 439 g/mol. The summed E-state index contributed by atoms with van der Waals surface area (Å²) in [5, 5.41) is 14.3. The molecule has 0 fully saturated rings. The van der Waals surface area contributed by atoms with Crippen LogP contribution >= 0.6 is 0 Å². The fourth-order valence-corrected chi connectivity index (χ4v) is 4.09. The quantitative estimate of drug-likeness (QED) is 0.487. The van der Waals surface area contributed by atoms with Crippen molar-refractivity contribution in [3.05, 3.63) is 64.6 Å². The van der Waals surface area contributed by atoms with Crippen LogP contribution in [0.2, 0.25) is 0 Å². The molecule has 0 atom stereocenters. The molecule has 0 bridgehead atoms. The van der Waals surface area contributed by atoms with Crippen LogP contribution in [-0.4, -0.2) is 41.8 Å². The molecule has 3 heterocycles. The molecule has 9 nitrogen and oxygen atoms in total. The van der Waals surface area contributed by atoms with Crippen LogP contribution in [0.4, 0.5) is 5.95 Å². The maximum absolute atomic E-state index is 13.0. The molecule has 0 spiro atoms. The zero-order valence-corrected chi connectivity index (χ0v) is 18.2. The minimum absolute atomic E-state index is 0.169. The van der Waals surface area contributed by atoms with Crippen molar-refractivity contribution in [3.8, 4) is 33.6 Å². The standard InChI is InChI=1S/C24H21N7O2/c1-3-4-9-19-20(22(32)26-24-25-14(2)23(33)31(19)24)16-12-10-15(11-13-16)17-7-5-6-8-18(17)21-27-29-30-28-21/h5-8,10-13H,3-4,9H2,1-2H3,(H,27,28,29,30). The number of nitrogens with zero attached hydrogens (tertiary/aromatic N) is 6. The monoisotopic (exact) mass is 439 g/mol. The Morgan fingerprint density at radius 3 is 2.39 bits per heavy atom. The highest BCUT2D eigenvalue weighted by atomic mass is 16.2. The lowest BCUT2D eigenvalue weighted by atomic mass is 9.95. The van der Waals surface area contributed by atoms with Gasteiger partial charge in [-0.25, -0.2) is 9.56 Å². The van der Waals surface area contributed by atoms with E-state index in [1.165, 1.54) is 4.57 Å². The summed E-state index contributed by atoms with van der Waals surface area (Å²) in [5.74, 6) is 0.449. The lowest BCUT2D eigenvalue weighted by molar-refractivity contribution is 0.0993. The maximum atomic E-state index is 13.0. The van der Waals surface area contributed by atoms with Crippen LogP contribution in [0, 0.1) is 0 Å². The van der Waals surface area contributed by atoms with Crippen LogP contribution in [0.5, 0.6) is 0 Å². The van der Waals surface area contributed by atoms with Crippen molar-refractivity contribution in [1.29, 1.82) is 0 Å². The van der Waals surface area contributed by atoms with Crippen LogP contribution in [0.25, 0.3) is 33.6 Å². The highest BCUT2D eigenvalue weighted by molar-refractivity contribution is 6.41. The molecule has 1 aliphatic rings. The highest BCUT2D eigenvalue weighted by Gasteiger charge is 2.28. The zero-order valence-electron chi connectivity index (χ0n) is 18.2. The minimum atomic E-state index is -0.376. The van der Waals surface area contributed by atoms with E-state index in [0.29, 0.717) is 34.8 Å². The number of carbonyl (C=O) groups is 1. The number of unbranched alkanes of at least 4 members (excludes halogenated alkanes) is 1. The molecule has 1 aliphatic heterocycles. The number of nitrogens with one attached hydrogen (secondary N) is 1. The number of tetrazole rings is 1. The van der Waals surface area contributed by atoms with Gasteiger partial charge in [-0.2, -0.15) is 10.2 Å². The summed E-state index contributed by atoms with van der Waals surface area (Å²) in [6.45, 7) is 3.71.